The van der Waals surface area contributed by atoms with Gasteiger partial charge in [0.05, 0.1) is 11.4 Å². The Morgan fingerprint density at radius 3 is 2.50 bits per heavy atom. The van der Waals surface area contributed by atoms with Crippen LogP contribution < -0.4 is 0 Å². The van der Waals surface area contributed by atoms with Gasteiger partial charge in [0.25, 0.3) is 0 Å². The molecule has 0 bridgehead atoms. The zero-order valence-corrected chi connectivity index (χ0v) is 12.3. The lowest BCUT2D eigenvalue weighted by molar-refractivity contribution is 0.187. The third-order valence-corrected chi connectivity index (χ3v) is 5.63. The lowest BCUT2D eigenvalue weighted by Crippen LogP contribution is -2.43. The molecule has 0 aromatic carbocycles. The van der Waals surface area contributed by atoms with Crippen molar-refractivity contribution in [3.8, 4) is 0 Å². The fourth-order valence-electron chi connectivity index (χ4n) is 2.62. The van der Waals surface area contributed by atoms with Crippen molar-refractivity contribution in [2.24, 2.45) is 5.41 Å². The Kier molecular flexibility index (Phi) is 3.27. The third kappa shape index (κ3) is 2.31. The summed E-state index contributed by atoms with van der Waals surface area (Å²) >= 11 is 0. The molecule has 0 unspecified atom stereocenters. The number of rotatable bonds is 2. The zero-order chi connectivity index (χ0) is 13.6. The quantitative estimate of drug-likeness (QED) is 0.892. The molecule has 1 N–H and O–H groups in total. The largest absolute Gasteiger partial charge is 0.281 e. The predicted octanol–water partition coefficient (Wildman–Crippen LogP) is 1.84. The number of nitrogens with zero attached hydrogens (tertiary/aromatic N) is 2. The molecule has 6 heteroatoms. The molecule has 1 saturated heterocycles. The highest BCUT2D eigenvalue weighted by Crippen LogP contribution is 2.32. The number of hydrogen-bond acceptors (Lipinski definition) is 3. The number of H-pyrrole nitrogens is 1. The molecule has 2 heterocycles. The van der Waals surface area contributed by atoms with Crippen molar-refractivity contribution in [3.05, 3.63) is 11.4 Å². The monoisotopic (exact) mass is 271 g/mol. The predicted molar refractivity (Wildman–Crippen MR) is 69.8 cm³/mol. The van der Waals surface area contributed by atoms with Gasteiger partial charge in [0.2, 0.25) is 10.0 Å². The first-order valence-corrected chi connectivity index (χ1v) is 7.70. The fourth-order valence-corrected chi connectivity index (χ4v) is 4.62. The van der Waals surface area contributed by atoms with Gasteiger partial charge in [-0.2, -0.15) is 9.40 Å². The summed E-state index contributed by atoms with van der Waals surface area (Å²) in [5, 5.41) is 6.73. The van der Waals surface area contributed by atoms with Crippen molar-refractivity contribution >= 4 is 10.0 Å². The van der Waals surface area contributed by atoms with Crippen LogP contribution >= 0.6 is 0 Å². The van der Waals surface area contributed by atoms with Crippen LogP contribution in [0.25, 0.3) is 0 Å². The van der Waals surface area contributed by atoms with Crippen molar-refractivity contribution < 1.29 is 8.42 Å². The highest BCUT2D eigenvalue weighted by molar-refractivity contribution is 7.89. The van der Waals surface area contributed by atoms with Gasteiger partial charge in [-0.15, -0.1) is 0 Å². The molecule has 0 atom stereocenters. The van der Waals surface area contributed by atoms with Crippen LogP contribution in [0.2, 0.25) is 0 Å². The second kappa shape index (κ2) is 4.35. The van der Waals surface area contributed by atoms with Crippen LogP contribution in [-0.4, -0.2) is 36.0 Å². The fraction of sp³-hybridized carbons (Fsp3) is 0.750. The van der Waals surface area contributed by atoms with E-state index in [1.54, 1.807) is 18.2 Å². The van der Waals surface area contributed by atoms with Gasteiger partial charge in [-0.3, -0.25) is 5.10 Å². The van der Waals surface area contributed by atoms with Crippen molar-refractivity contribution in [1.82, 2.24) is 14.5 Å². The average molecular weight is 271 g/mol. The van der Waals surface area contributed by atoms with E-state index in [9.17, 15) is 8.42 Å². The molecule has 1 aliphatic heterocycles. The molecule has 1 aromatic heterocycles. The van der Waals surface area contributed by atoms with E-state index in [2.05, 4.69) is 24.0 Å². The van der Waals surface area contributed by atoms with E-state index in [1.165, 1.54) is 0 Å². The molecule has 1 fully saturated rings. The smallest absolute Gasteiger partial charge is 0.246 e. The Labute approximate surface area is 109 Å². The van der Waals surface area contributed by atoms with Crippen LogP contribution in [0.3, 0.4) is 0 Å². The van der Waals surface area contributed by atoms with Crippen LogP contribution in [0.5, 0.6) is 0 Å². The SMILES string of the molecule is Cc1n[nH]c(C)c1S(=O)(=O)N1CCCC(C)(C)C1. The molecular weight excluding hydrogens is 250 g/mol. The molecule has 0 aliphatic carbocycles. The number of piperidine rings is 1. The number of hydrogen-bond donors (Lipinski definition) is 1. The molecule has 102 valence electrons. The Balaban J connectivity index is 2.38. The summed E-state index contributed by atoms with van der Waals surface area (Å²) < 4.78 is 26.9. The molecule has 1 aromatic rings. The van der Waals surface area contributed by atoms with E-state index in [0.717, 1.165) is 12.8 Å². The second-order valence-corrected chi connectivity index (χ2v) is 7.74. The summed E-state index contributed by atoms with van der Waals surface area (Å²) in [7, 11) is -3.41. The standard InChI is InChI=1S/C12H21N3O2S/c1-9-11(10(2)14-13-9)18(16,17)15-7-5-6-12(3,4)8-15/h5-8H2,1-4H3,(H,13,14). The summed E-state index contributed by atoms with van der Waals surface area (Å²) in [6, 6.07) is 0. The first kappa shape index (κ1) is 13.5. The van der Waals surface area contributed by atoms with E-state index in [-0.39, 0.29) is 5.41 Å². The number of aromatic nitrogens is 2. The molecule has 0 radical (unpaired) electrons. The van der Waals surface area contributed by atoms with Gasteiger partial charge in [0.1, 0.15) is 4.90 Å². The van der Waals surface area contributed by atoms with Crippen LogP contribution in [0.1, 0.15) is 38.1 Å². The number of sulfonamides is 1. The molecule has 1 aliphatic rings. The normalized spacial score (nSPS) is 21.1. The highest BCUT2D eigenvalue weighted by atomic mass is 32.2. The summed E-state index contributed by atoms with van der Waals surface area (Å²) in [5.74, 6) is 0. The zero-order valence-electron chi connectivity index (χ0n) is 11.4. The Hall–Kier alpha value is -0.880. The van der Waals surface area contributed by atoms with Gasteiger partial charge >= 0.3 is 0 Å². The van der Waals surface area contributed by atoms with Crippen molar-refractivity contribution in [1.29, 1.82) is 0 Å². The van der Waals surface area contributed by atoms with Crippen molar-refractivity contribution in [3.63, 3.8) is 0 Å². The third-order valence-electron chi connectivity index (χ3n) is 3.52. The number of aryl methyl sites for hydroxylation is 2. The van der Waals surface area contributed by atoms with Crippen molar-refractivity contribution in [2.45, 2.75) is 45.4 Å². The Bertz CT molecular complexity index is 526. The maximum atomic E-state index is 12.6. The lowest BCUT2D eigenvalue weighted by Gasteiger charge is -2.37. The first-order chi connectivity index (χ1) is 8.24. The Morgan fingerprint density at radius 2 is 2.00 bits per heavy atom. The molecule has 0 spiro atoms. The minimum absolute atomic E-state index is 0.0524. The van der Waals surface area contributed by atoms with Crippen LogP contribution in [0.15, 0.2) is 4.90 Å². The molecule has 2 rings (SSSR count). The molecule has 0 saturated carbocycles. The molecule has 5 nitrogen and oxygen atoms in total. The maximum absolute atomic E-state index is 12.6. The summed E-state index contributed by atoms with van der Waals surface area (Å²) in [4.78, 5) is 0.347. The average Bonchev–Trinajstić information content (AvgIpc) is 2.57. The van der Waals surface area contributed by atoms with Gasteiger partial charge in [0.15, 0.2) is 0 Å². The Morgan fingerprint density at radius 1 is 1.33 bits per heavy atom. The van der Waals surface area contributed by atoms with E-state index in [1.807, 2.05) is 0 Å². The van der Waals surface area contributed by atoms with Gasteiger partial charge < -0.3 is 0 Å². The van der Waals surface area contributed by atoms with E-state index in [0.29, 0.717) is 29.4 Å². The van der Waals surface area contributed by atoms with Gasteiger partial charge in [-0.1, -0.05) is 13.8 Å². The maximum Gasteiger partial charge on any atom is 0.246 e. The van der Waals surface area contributed by atoms with Gasteiger partial charge in [0, 0.05) is 13.1 Å². The summed E-state index contributed by atoms with van der Waals surface area (Å²) in [6.07, 6.45) is 1.99. The summed E-state index contributed by atoms with van der Waals surface area (Å²) in [5.41, 5.74) is 1.23. The first-order valence-electron chi connectivity index (χ1n) is 6.26. The lowest BCUT2D eigenvalue weighted by atomic mass is 9.85. The van der Waals surface area contributed by atoms with Crippen LogP contribution in [0, 0.1) is 19.3 Å². The van der Waals surface area contributed by atoms with Crippen LogP contribution in [0.4, 0.5) is 0 Å². The number of nitrogens with one attached hydrogen (secondary N) is 1. The van der Waals surface area contributed by atoms with E-state index >= 15 is 0 Å². The molecule has 0 amide bonds. The van der Waals surface area contributed by atoms with Gasteiger partial charge in [-0.05, 0) is 32.1 Å². The van der Waals surface area contributed by atoms with E-state index in [4.69, 9.17) is 0 Å². The minimum Gasteiger partial charge on any atom is -0.281 e. The van der Waals surface area contributed by atoms with Crippen molar-refractivity contribution in [2.75, 3.05) is 13.1 Å². The summed E-state index contributed by atoms with van der Waals surface area (Å²) in [6.45, 7) is 8.90. The topological polar surface area (TPSA) is 66.1 Å². The van der Waals surface area contributed by atoms with Crippen LogP contribution in [-0.2, 0) is 10.0 Å². The molecule has 18 heavy (non-hydrogen) atoms. The van der Waals surface area contributed by atoms with Gasteiger partial charge in [-0.25, -0.2) is 8.42 Å². The highest BCUT2D eigenvalue weighted by Gasteiger charge is 2.36. The number of aromatic amines is 1. The second-order valence-electron chi connectivity index (χ2n) is 5.87. The minimum atomic E-state index is -3.41. The molecular formula is C12H21N3O2S. The van der Waals surface area contributed by atoms with E-state index < -0.39 is 10.0 Å².